The van der Waals surface area contributed by atoms with Gasteiger partial charge in [-0.3, -0.25) is 4.90 Å². The van der Waals surface area contributed by atoms with Gasteiger partial charge in [-0.1, -0.05) is 18.2 Å². The van der Waals surface area contributed by atoms with Crippen LogP contribution in [-0.2, 0) is 29.2 Å². The van der Waals surface area contributed by atoms with Crippen molar-refractivity contribution in [2.75, 3.05) is 13.4 Å². The molecule has 2 atom stereocenters. The zero-order valence-corrected chi connectivity index (χ0v) is 17.1. The number of methoxy groups -OCH3 is 1. The summed E-state index contributed by atoms with van der Waals surface area (Å²) in [6.45, 7) is 3.11. The van der Waals surface area contributed by atoms with Crippen LogP contribution in [0, 0.1) is 0 Å². The van der Waals surface area contributed by atoms with Gasteiger partial charge in [-0.25, -0.2) is 8.42 Å². The molecule has 0 fully saturated rings. The summed E-state index contributed by atoms with van der Waals surface area (Å²) in [4.78, 5) is 6.42. The van der Waals surface area contributed by atoms with E-state index < -0.39 is 9.84 Å². The van der Waals surface area contributed by atoms with Gasteiger partial charge in [-0.15, -0.1) is 0 Å². The highest BCUT2D eigenvalue weighted by atomic mass is 32.2. The number of benzene rings is 2. The molecular formula is C22H24N2O3S. The first kappa shape index (κ1) is 17.8. The first-order valence-corrected chi connectivity index (χ1v) is 11.5. The highest BCUT2D eigenvalue weighted by Crippen LogP contribution is 2.44. The standard InChI is InChI=1S/C22H24N2O3S/c1-13-8-14-9-22(28(3,25)26)21(27-2)11-16(14)20-10-17-15-6-4-5-7-18(15)23-19(17)12-24(13)20/h4-7,9,11,13,20,23H,8,10,12H2,1-3H3/t13?,20-/m0/s1. The van der Waals surface area contributed by atoms with Crippen LogP contribution >= 0.6 is 0 Å². The second kappa shape index (κ2) is 6.09. The third-order valence-electron chi connectivity index (χ3n) is 6.31. The Kier molecular flexibility index (Phi) is 3.87. The number of para-hydroxylation sites is 1. The van der Waals surface area contributed by atoms with Crippen molar-refractivity contribution in [1.29, 1.82) is 0 Å². The minimum Gasteiger partial charge on any atom is -0.495 e. The van der Waals surface area contributed by atoms with E-state index in [1.54, 1.807) is 0 Å². The molecular weight excluding hydrogens is 372 g/mol. The fourth-order valence-electron chi connectivity index (χ4n) is 4.97. The van der Waals surface area contributed by atoms with E-state index in [2.05, 4.69) is 41.1 Å². The lowest BCUT2D eigenvalue weighted by atomic mass is 9.82. The normalized spacial score (nSPS) is 21.8. The van der Waals surface area contributed by atoms with E-state index in [1.165, 1.54) is 41.1 Å². The number of ether oxygens (including phenoxy) is 1. The molecule has 0 amide bonds. The van der Waals surface area contributed by atoms with Gasteiger partial charge in [0.15, 0.2) is 9.84 Å². The van der Waals surface area contributed by atoms with Gasteiger partial charge in [0.2, 0.25) is 0 Å². The fraction of sp³-hybridized carbons (Fsp3) is 0.364. The number of hydrogen-bond acceptors (Lipinski definition) is 4. The molecule has 0 radical (unpaired) electrons. The lowest BCUT2D eigenvalue weighted by molar-refractivity contribution is 0.104. The highest BCUT2D eigenvalue weighted by Gasteiger charge is 2.38. The molecule has 5 nitrogen and oxygen atoms in total. The summed E-state index contributed by atoms with van der Waals surface area (Å²) in [6, 6.07) is 12.8. The van der Waals surface area contributed by atoms with Gasteiger partial charge in [-0.2, -0.15) is 0 Å². The second-order valence-electron chi connectivity index (χ2n) is 8.05. The van der Waals surface area contributed by atoms with E-state index in [0.717, 1.165) is 24.9 Å². The number of nitrogens with one attached hydrogen (secondary N) is 1. The van der Waals surface area contributed by atoms with Crippen molar-refractivity contribution in [3.8, 4) is 5.75 Å². The summed E-state index contributed by atoms with van der Waals surface area (Å²) in [7, 11) is -1.80. The Morgan fingerprint density at radius 2 is 1.96 bits per heavy atom. The Morgan fingerprint density at radius 3 is 2.71 bits per heavy atom. The maximum Gasteiger partial charge on any atom is 0.179 e. The number of fused-ring (bicyclic) bond motifs is 6. The Morgan fingerprint density at radius 1 is 1.18 bits per heavy atom. The van der Waals surface area contributed by atoms with Crippen molar-refractivity contribution in [3.05, 3.63) is 58.8 Å². The summed E-state index contributed by atoms with van der Waals surface area (Å²) in [6.07, 6.45) is 3.00. The van der Waals surface area contributed by atoms with Gasteiger partial charge in [0.05, 0.1) is 7.11 Å². The largest absolute Gasteiger partial charge is 0.495 e. The van der Waals surface area contributed by atoms with Crippen molar-refractivity contribution in [3.63, 3.8) is 0 Å². The van der Waals surface area contributed by atoms with Crippen LogP contribution in [0.15, 0.2) is 41.3 Å². The zero-order valence-electron chi connectivity index (χ0n) is 16.3. The third kappa shape index (κ3) is 2.58. The molecule has 0 saturated heterocycles. The van der Waals surface area contributed by atoms with Gasteiger partial charge in [0.25, 0.3) is 0 Å². The SMILES string of the molecule is COc1cc2c(cc1S(C)(=O)=O)CC(C)N1Cc3[nH]c4ccccc4c3C[C@@H]21. The van der Waals surface area contributed by atoms with E-state index in [9.17, 15) is 8.42 Å². The van der Waals surface area contributed by atoms with Crippen LogP contribution in [0.4, 0.5) is 0 Å². The van der Waals surface area contributed by atoms with Crippen molar-refractivity contribution < 1.29 is 13.2 Å². The summed E-state index contributed by atoms with van der Waals surface area (Å²) < 4.78 is 30.0. The number of sulfone groups is 1. The summed E-state index contributed by atoms with van der Waals surface area (Å²) >= 11 is 0. The van der Waals surface area contributed by atoms with Gasteiger partial charge in [0.1, 0.15) is 10.6 Å². The highest BCUT2D eigenvalue weighted by molar-refractivity contribution is 7.90. The van der Waals surface area contributed by atoms with E-state index in [0.29, 0.717) is 11.8 Å². The molecule has 5 rings (SSSR count). The molecule has 6 heteroatoms. The van der Waals surface area contributed by atoms with E-state index in [4.69, 9.17) is 4.74 Å². The van der Waals surface area contributed by atoms with Crippen LogP contribution < -0.4 is 4.74 Å². The molecule has 1 N–H and O–H groups in total. The van der Waals surface area contributed by atoms with Crippen molar-refractivity contribution >= 4 is 20.7 Å². The molecule has 1 aromatic heterocycles. The maximum atomic E-state index is 12.2. The van der Waals surface area contributed by atoms with Crippen LogP contribution in [0.25, 0.3) is 10.9 Å². The Balaban J connectivity index is 1.67. The minimum atomic E-state index is -3.34. The number of hydrogen-bond donors (Lipinski definition) is 1. The average Bonchev–Trinajstić information content (AvgIpc) is 3.03. The molecule has 0 bridgehead atoms. The lowest BCUT2D eigenvalue weighted by Crippen LogP contribution is -2.45. The molecule has 28 heavy (non-hydrogen) atoms. The molecule has 3 heterocycles. The first-order valence-electron chi connectivity index (χ1n) is 9.62. The quantitative estimate of drug-likeness (QED) is 0.719. The smallest absolute Gasteiger partial charge is 0.179 e. The second-order valence-corrected chi connectivity index (χ2v) is 10.0. The van der Waals surface area contributed by atoms with Crippen LogP contribution in [0.5, 0.6) is 5.75 Å². The number of aromatic amines is 1. The van der Waals surface area contributed by atoms with Crippen LogP contribution in [0.3, 0.4) is 0 Å². The number of rotatable bonds is 2. The van der Waals surface area contributed by atoms with E-state index in [-0.39, 0.29) is 10.9 Å². The summed E-state index contributed by atoms with van der Waals surface area (Å²) in [5.74, 6) is 0.445. The van der Waals surface area contributed by atoms with E-state index >= 15 is 0 Å². The molecule has 0 aliphatic carbocycles. The van der Waals surface area contributed by atoms with Crippen molar-refractivity contribution in [1.82, 2.24) is 9.88 Å². The lowest BCUT2D eigenvalue weighted by Gasteiger charge is -2.45. The average molecular weight is 397 g/mol. The monoisotopic (exact) mass is 396 g/mol. The molecule has 2 aliphatic heterocycles. The molecule has 1 unspecified atom stereocenters. The van der Waals surface area contributed by atoms with Gasteiger partial charge in [0, 0.05) is 41.5 Å². The maximum absolute atomic E-state index is 12.2. The fourth-order valence-corrected chi connectivity index (χ4v) is 5.83. The van der Waals surface area contributed by atoms with Gasteiger partial charge >= 0.3 is 0 Å². The minimum absolute atomic E-state index is 0.230. The molecule has 2 aliphatic rings. The zero-order chi connectivity index (χ0) is 19.6. The summed E-state index contributed by atoms with van der Waals surface area (Å²) in [5, 5.41) is 1.29. The number of aromatic nitrogens is 1. The molecule has 0 saturated carbocycles. The first-order chi connectivity index (χ1) is 13.4. The molecule has 146 valence electrons. The Bertz CT molecular complexity index is 1200. The van der Waals surface area contributed by atoms with Crippen molar-refractivity contribution in [2.24, 2.45) is 0 Å². The Labute approximate surface area is 165 Å². The number of H-pyrrole nitrogens is 1. The Hall–Kier alpha value is -2.31. The number of nitrogens with zero attached hydrogens (tertiary/aromatic N) is 1. The van der Waals surface area contributed by atoms with Crippen molar-refractivity contribution in [2.45, 2.75) is 43.3 Å². The topological polar surface area (TPSA) is 62.4 Å². The predicted octanol–water partition coefficient (Wildman–Crippen LogP) is 3.62. The van der Waals surface area contributed by atoms with Gasteiger partial charge < -0.3 is 9.72 Å². The summed E-state index contributed by atoms with van der Waals surface area (Å²) in [5.41, 5.74) is 6.18. The van der Waals surface area contributed by atoms with E-state index in [1.807, 2.05) is 12.1 Å². The third-order valence-corrected chi connectivity index (χ3v) is 7.42. The predicted molar refractivity (Wildman–Crippen MR) is 110 cm³/mol. The molecule has 2 aromatic carbocycles. The van der Waals surface area contributed by atoms with Crippen LogP contribution in [0.2, 0.25) is 0 Å². The molecule has 3 aromatic rings. The van der Waals surface area contributed by atoms with Crippen LogP contribution in [0.1, 0.15) is 35.3 Å². The molecule has 0 spiro atoms. The van der Waals surface area contributed by atoms with Gasteiger partial charge in [-0.05, 0) is 54.7 Å². The van der Waals surface area contributed by atoms with Crippen LogP contribution in [-0.4, -0.2) is 37.7 Å².